The fourth-order valence-electron chi connectivity index (χ4n) is 3.36. The number of anilines is 1. The lowest BCUT2D eigenvalue weighted by molar-refractivity contribution is -0.156. The number of ether oxygens (including phenoxy) is 2. The van der Waals surface area contributed by atoms with E-state index in [2.05, 4.69) is 24.5 Å². The molecule has 1 aromatic carbocycles. The van der Waals surface area contributed by atoms with Gasteiger partial charge >= 0.3 is 11.9 Å². The van der Waals surface area contributed by atoms with Gasteiger partial charge in [0.15, 0.2) is 0 Å². The Bertz CT molecular complexity index is 1060. The highest BCUT2D eigenvalue weighted by Crippen LogP contribution is 2.27. The molecule has 2 amide bonds. The van der Waals surface area contributed by atoms with Gasteiger partial charge in [0, 0.05) is 18.7 Å². The Labute approximate surface area is 211 Å². The number of thiol groups is 1. The van der Waals surface area contributed by atoms with Crippen LogP contribution in [-0.2, 0) is 23.9 Å². The fourth-order valence-corrected chi connectivity index (χ4v) is 3.55. The second-order valence-corrected chi connectivity index (χ2v) is 9.81. The maximum atomic E-state index is 13.4. The number of fused-ring (bicyclic) bond motifs is 1. The monoisotopic (exact) mass is 503 g/mol. The van der Waals surface area contributed by atoms with Crippen LogP contribution in [0.5, 0.6) is 0 Å². The smallest absolute Gasteiger partial charge is 0.325 e. The number of esters is 2. The normalized spacial score (nSPS) is 16.3. The van der Waals surface area contributed by atoms with Crippen molar-refractivity contribution in [1.82, 2.24) is 4.90 Å². The molecule has 1 aliphatic rings. The third-order valence-corrected chi connectivity index (χ3v) is 5.66. The molecule has 2 N–H and O–H groups in total. The molecule has 10 heteroatoms. The van der Waals surface area contributed by atoms with Crippen molar-refractivity contribution in [2.75, 3.05) is 25.1 Å². The Morgan fingerprint density at radius 3 is 2.51 bits per heavy atom. The molecule has 1 heterocycles. The van der Waals surface area contributed by atoms with Crippen molar-refractivity contribution in [2.45, 2.75) is 64.0 Å². The third kappa shape index (κ3) is 7.47. The number of carbonyl (C=O) groups is 4. The number of hydrogen-bond acceptors (Lipinski definition) is 8. The highest BCUT2D eigenvalue weighted by atomic mass is 32.1. The zero-order valence-electron chi connectivity index (χ0n) is 21.0. The molecule has 0 radical (unpaired) electrons. The average Bonchev–Trinajstić information content (AvgIpc) is 2.86. The lowest BCUT2D eigenvalue weighted by atomic mass is 10.1. The number of carbonyl (C=O) groups excluding carboxylic acids is 4. The first-order valence-electron chi connectivity index (χ1n) is 11.3. The Balaban J connectivity index is 2.31. The summed E-state index contributed by atoms with van der Waals surface area (Å²) in [5.41, 5.74) is 6.43. The molecule has 3 unspecified atom stereocenters. The number of benzene rings is 1. The summed E-state index contributed by atoms with van der Waals surface area (Å²) >= 11 is 4.32. The zero-order valence-corrected chi connectivity index (χ0v) is 21.8. The predicted octanol–water partition coefficient (Wildman–Crippen LogP) is 1.77. The summed E-state index contributed by atoms with van der Waals surface area (Å²) in [6.07, 6.45) is -0.0324. The molecule has 2 rings (SSSR count). The van der Waals surface area contributed by atoms with Crippen LogP contribution in [-0.4, -0.2) is 71.8 Å². The van der Waals surface area contributed by atoms with E-state index in [-0.39, 0.29) is 31.0 Å². The lowest BCUT2D eigenvalue weighted by Crippen LogP contribution is -2.44. The van der Waals surface area contributed by atoms with Crippen LogP contribution in [0.4, 0.5) is 5.69 Å². The molecule has 0 aliphatic carbocycles. The molecule has 0 saturated carbocycles. The first-order chi connectivity index (χ1) is 16.2. The minimum Gasteiger partial charge on any atom is -0.466 e. The van der Waals surface area contributed by atoms with Gasteiger partial charge in [0.2, 0.25) is 5.91 Å². The Kier molecular flexibility index (Phi) is 9.35. The summed E-state index contributed by atoms with van der Waals surface area (Å²) in [4.78, 5) is 53.0. The number of nitrogens with two attached hydrogens (primary N) is 1. The molecule has 190 valence electrons. The fraction of sp³-hybridized carbons (Fsp3) is 0.520. The summed E-state index contributed by atoms with van der Waals surface area (Å²) in [5, 5.41) is -0.801. The summed E-state index contributed by atoms with van der Waals surface area (Å²) < 4.78 is 10.3. The number of hydrogen-bond donors (Lipinski definition) is 2. The van der Waals surface area contributed by atoms with Gasteiger partial charge in [0.25, 0.3) is 5.91 Å². The largest absolute Gasteiger partial charge is 0.466 e. The molecule has 3 atom stereocenters. The highest BCUT2D eigenvalue weighted by molar-refractivity contribution is 7.81. The van der Waals surface area contributed by atoms with Crippen molar-refractivity contribution in [3.05, 3.63) is 29.3 Å². The van der Waals surface area contributed by atoms with Gasteiger partial charge in [-0.3, -0.25) is 19.2 Å². The minimum atomic E-state index is -1.06. The van der Waals surface area contributed by atoms with E-state index in [4.69, 9.17) is 15.2 Å². The molecule has 0 spiro atoms. The summed E-state index contributed by atoms with van der Waals surface area (Å²) in [5.74, 6) is 3.96. The van der Waals surface area contributed by atoms with Crippen molar-refractivity contribution in [3.63, 3.8) is 0 Å². The molecule has 35 heavy (non-hydrogen) atoms. The molecular formula is C25H33N3O6S. The standard InChI is InChI=1S/C25H33N3O6S/c1-7-33-21(30)12-15(2)28-14-20(29)27(6)18-10-8-16(13-17(18)23(28)31)9-11-19(35)22(26)24(32)34-25(3,4)5/h8,10,13,15,19,22,35H,7,12,14,26H2,1-6H3. The van der Waals surface area contributed by atoms with Gasteiger partial charge in [0.05, 0.1) is 29.5 Å². The van der Waals surface area contributed by atoms with E-state index >= 15 is 0 Å². The van der Waals surface area contributed by atoms with Gasteiger partial charge < -0.3 is 25.0 Å². The van der Waals surface area contributed by atoms with Gasteiger partial charge in [-0.2, -0.15) is 12.6 Å². The quantitative estimate of drug-likeness (QED) is 0.345. The maximum absolute atomic E-state index is 13.4. The Morgan fingerprint density at radius 1 is 1.26 bits per heavy atom. The first kappa shape index (κ1) is 28.2. The van der Waals surface area contributed by atoms with Crippen LogP contribution in [0.3, 0.4) is 0 Å². The maximum Gasteiger partial charge on any atom is 0.325 e. The minimum absolute atomic E-state index is 0.0324. The molecule has 0 bridgehead atoms. The van der Waals surface area contributed by atoms with E-state index in [1.54, 1.807) is 59.9 Å². The number of likely N-dealkylation sites (N-methyl/N-ethyl adjacent to an activating group) is 1. The third-order valence-electron chi connectivity index (χ3n) is 5.21. The SMILES string of the molecule is CCOC(=O)CC(C)N1CC(=O)N(C)c2ccc(C#CC(S)C(N)C(=O)OC(C)(C)C)cc2C1=O. The molecule has 1 aliphatic heterocycles. The van der Waals surface area contributed by atoms with Crippen molar-refractivity contribution in [2.24, 2.45) is 5.73 Å². The van der Waals surface area contributed by atoms with Crippen molar-refractivity contribution in [3.8, 4) is 11.8 Å². The van der Waals surface area contributed by atoms with Gasteiger partial charge in [-0.1, -0.05) is 11.8 Å². The van der Waals surface area contributed by atoms with Crippen LogP contribution in [0.1, 0.15) is 57.0 Å². The molecular weight excluding hydrogens is 470 g/mol. The second-order valence-electron chi connectivity index (χ2n) is 9.25. The second kappa shape index (κ2) is 11.6. The van der Waals surface area contributed by atoms with Crippen LogP contribution < -0.4 is 10.6 Å². The molecule has 0 saturated heterocycles. The number of rotatable bonds is 6. The number of nitrogens with zero attached hydrogens (tertiary/aromatic N) is 2. The van der Waals surface area contributed by atoms with Gasteiger partial charge in [-0.25, -0.2) is 0 Å². The van der Waals surface area contributed by atoms with Crippen molar-refractivity contribution >= 4 is 42.1 Å². The van der Waals surface area contributed by atoms with Crippen molar-refractivity contribution < 1.29 is 28.7 Å². The van der Waals surface area contributed by atoms with E-state index in [0.717, 1.165) is 0 Å². The van der Waals surface area contributed by atoms with E-state index in [1.807, 2.05) is 0 Å². The first-order valence-corrected chi connectivity index (χ1v) is 11.8. The van der Waals surface area contributed by atoms with Crippen LogP contribution >= 0.6 is 12.6 Å². The van der Waals surface area contributed by atoms with Crippen LogP contribution in [0, 0.1) is 11.8 Å². The summed E-state index contributed by atoms with van der Waals surface area (Å²) in [6, 6.07) is 3.27. The van der Waals surface area contributed by atoms with Crippen LogP contribution in [0.15, 0.2) is 18.2 Å². The number of amides is 2. The summed E-state index contributed by atoms with van der Waals surface area (Å²) in [7, 11) is 1.59. The van der Waals surface area contributed by atoms with Crippen LogP contribution in [0.2, 0.25) is 0 Å². The van der Waals surface area contributed by atoms with E-state index in [1.165, 1.54) is 9.80 Å². The van der Waals surface area contributed by atoms with Crippen molar-refractivity contribution in [1.29, 1.82) is 0 Å². The van der Waals surface area contributed by atoms with Gasteiger partial charge in [-0.05, 0) is 52.8 Å². The van der Waals surface area contributed by atoms with E-state index in [9.17, 15) is 19.2 Å². The highest BCUT2D eigenvalue weighted by Gasteiger charge is 2.33. The van der Waals surface area contributed by atoms with E-state index < -0.39 is 40.8 Å². The Morgan fingerprint density at radius 2 is 1.91 bits per heavy atom. The van der Waals surface area contributed by atoms with E-state index in [0.29, 0.717) is 11.3 Å². The molecule has 0 aromatic heterocycles. The average molecular weight is 504 g/mol. The molecule has 0 fully saturated rings. The van der Waals surface area contributed by atoms with Gasteiger partial charge in [0.1, 0.15) is 18.2 Å². The summed E-state index contributed by atoms with van der Waals surface area (Å²) in [6.45, 7) is 8.67. The molecule has 1 aromatic rings. The Hall–Kier alpha value is -3.03. The zero-order chi connectivity index (χ0) is 26.5. The molecule has 9 nitrogen and oxygen atoms in total. The predicted molar refractivity (Wildman–Crippen MR) is 135 cm³/mol. The van der Waals surface area contributed by atoms with Crippen LogP contribution in [0.25, 0.3) is 0 Å². The van der Waals surface area contributed by atoms with Gasteiger partial charge in [-0.15, -0.1) is 0 Å². The topological polar surface area (TPSA) is 119 Å². The lowest BCUT2D eigenvalue weighted by Gasteiger charge is -2.26.